The lowest BCUT2D eigenvalue weighted by atomic mass is 10.2. The van der Waals surface area contributed by atoms with Crippen LogP contribution in [0, 0.1) is 0 Å². The molecule has 0 N–H and O–H groups in total. The smallest absolute Gasteiger partial charge is 0.209 e. The molecule has 4 heteroatoms. The van der Waals surface area contributed by atoms with Crippen LogP contribution in [0.1, 0.15) is 12.8 Å². The van der Waals surface area contributed by atoms with Gasteiger partial charge in [-0.1, -0.05) is 30.3 Å². The van der Waals surface area contributed by atoms with Crippen LogP contribution in [0.5, 0.6) is 0 Å². The SMILES string of the molecule is CC1CN(Cc2ncc(-c3ccccc3)o2)CCO1. The van der Waals surface area contributed by atoms with E-state index in [2.05, 4.69) is 16.8 Å². The first kappa shape index (κ1) is 12.4. The average Bonchev–Trinajstić information content (AvgIpc) is 2.88. The summed E-state index contributed by atoms with van der Waals surface area (Å²) in [5.74, 6) is 1.60. The molecule has 0 spiro atoms. The summed E-state index contributed by atoms with van der Waals surface area (Å²) in [5.41, 5.74) is 1.07. The first-order chi connectivity index (χ1) is 9.31. The maximum Gasteiger partial charge on any atom is 0.209 e. The summed E-state index contributed by atoms with van der Waals surface area (Å²) in [6.45, 7) is 5.50. The van der Waals surface area contributed by atoms with Gasteiger partial charge in [0.05, 0.1) is 25.5 Å². The Morgan fingerprint density at radius 1 is 1.32 bits per heavy atom. The zero-order valence-electron chi connectivity index (χ0n) is 11.1. The summed E-state index contributed by atoms with van der Waals surface area (Å²) in [5, 5.41) is 0. The topological polar surface area (TPSA) is 38.5 Å². The molecule has 0 bridgehead atoms. The van der Waals surface area contributed by atoms with E-state index in [9.17, 15) is 0 Å². The highest BCUT2D eigenvalue weighted by atomic mass is 16.5. The molecule has 0 amide bonds. The molecular formula is C15H18N2O2. The summed E-state index contributed by atoms with van der Waals surface area (Å²) >= 11 is 0. The van der Waals surface area contributed by atoms with Crippen molar-refractivity contribution in [3.63, 3.8) is 0 Å². The molecule has 100 valence electrons. The molecule has 19 heavy (non-hydrogen) atoms. The van der Waals surface area contributed by atoms with E-state index < -0.39 is 0 Å². The fourth-order valence-corrected chi connectivity index (χ4v) is 2.34. The van der Waals surface area contributed by atoms with Crippen molar-refractivity contribution < 1.29 is 9.15 Å². The number of morpholine rings is 1. The van der Waals surface area contributed by atoms with E-state index in [0.717, 1.165) is 43.5 Å². The Bertz CT molecular complexity index is 524. The van der Waals surface area contributed by atoms with Crippen LogP contribution in [-0.4, -0.2) is 35.7 Å². The van der Waals surface area contributed by atoms with Gasteiger partial charge in [-0.05, 0) is 6.92 Å². The van der Waals surface area contributed by atoms with Gasteiger partial charge in [0.1, 0.15) is 0 Å². The van der Waals surface area contributed by atoms with E-state index in [1.54, 1.807) is 6.20 Å². The van der Waals surface area contributed by atoms with Gasteiger partial charge in [-0.15, -0.1) is 0 Å². The third-order valence-electron chi connectivity index (χ3n) is 3.30. The van der Waals surface area contributed by atoms with Crippen LogP contribution in [0.15, 0.2) is 40.9 Å². The monoisotopic (exact) mass is 258 g/mol. The van der Waals surface area contributed by atoms with E-state index in [1.165, 1.54) is 0 Å². The summed E-state index contributed by atoms with van der Waals surface area (Å²) in [4.78, 5) is 6.68. The molecular weight excluding hydrogens is 240 g/mol. The molecule has 1 saturated heterocycles. The minimum Gasteiger partial charge on any atom is -0.439 e. The van der Waals surface area contributed by atoms with Crippen LogP contribution in [-0.2, 0) is 11.3 Å². The van der Waals surface area contributed by atoms with Crippen molar-refractivity contribution in [2.24, 2.45) is 0 Å². The quantitative estimate of drug-likeness (QED) is 0.848. The van der Waals surface area contributed by atoms with Crippen LogP contribution in [0.25, 0.3) is 11.3 Å². The van der Waals surface area contributed by atoms with Gasteiger partial charge in [-0.3, -0.25) is 4.90 Å². The molecule has 1 aromatic carbocycles. The largest absolute Gasteiger partial charge is 0.439 e. The van der Waals surface area contributed by atoms with Gasteiger partial charge < -0.3 is 9.15 Å². The predicted octanol–water partition coefficient (Wildman–Crippen LogP) is 2.56. The van der Waals surface area contributed by atoms with E-state index in [-0.39, 0.29) is 6.10 Å². The lowest BCUT2D eigenvalue weighted by Gasteiger charge is -2.29. The summed E-state index contributed by atoms with van der Waals surface area (Å²) in [6.07, 6.45) is 2.09. The first-order valence-corrected chi connectivity index (χ1v) is 6.65. The molecule has 2 aromatic rings. The number of hydrogen-bond acceptors (Lipinski definition) is 4. The summed E-state index contributed by atoms with van der Waals surface area (Å²) in [7, 11) is 0. The minimum atomic E-state index is 0.289. The van der Waals surface area contributed by atoms with E-state index >= 15 is 0 Å². The molecule has 1 aliphatic heterocycles. The number of benzene rings is 1. The third kappa shape index (κ3) is 3.03. The number of rotatable bonds is 3. The molecule has 1 aromatic heterocycles. The molecule has 0 radical (unpaired) electrons. The first-order valence-electron chi connectivity index (χ1n) is 6.65. The fraction of sp³-hybridized carbons (Fsp3) is 0.400. The zero-order valence-corrected chi connectivity index (χ0v) is 11.1. The number of oxazole rings is 1. The molecule has 4 nitrogen and oxygen atoms in total. The van der Waals surface area contributed by atoms with Crippen molar-refractivity contribution in [2.45, 2.75) is 19.6 Å². The van der Waals surface area contributed by atoms with Gasteiger partial charge >= 0.3 is 0 Å². The number of ether oxygens (including phenoxy) is 1. The second kappa shape index (κ2) is 5.55. The lowest BCUT2D eigenvalue weighted by molar-refractivity contribution is -0.0235. The third-order valence-corrected chi connectivity index (χ3v) is 3.30. The van der Waals surface area contributed by atoms with Gasteiger partial charge in [0.25, 0.3) is 0 Å². The second-order valence-corrected chi connectivity index (χ2v) is 4.90. The number of nitrogens with zero attached hydrogens (tertiary/aromatic N) is 2. The number of hydrogen-bond donors (Lipinski definition) is 0. The van der Waals surface area contributed by atoms with Crippen molar-refractivity contribution in [2.75, 3.05) is 19.7 Å². The minimum absolute atomic E-state index is 0.289. The van der Waals surface area contributed by atoms with Crippen LogP contribution in [0.2, 0.25) is 0 Å². The second-order valence-electron chi connectivity index (χ2n) is 4.90. The highest BCUT2D eigenvalue weighted by Crippen LogP contribution is 2.20. The van der Waals surface area contributed by atoms with Crippen LogP contribution >= 0.6 is 0 Å². The van der Waals surface area contributed by atoms with Crippen molar-refractivity contribution in [1.29, 1.82) is 0 Å². The Kier molecular flexibility index (Phi) is 3.62. The zero-order chi connectivity index (χ0) is 13.1. The van der Waals surface area contributed by atoms with Crippen LogP contribution in [0.3, 0.4) is 0 Å². The van der Waals surface area contributed by atoms with Crippen LogP contribution in [0.4, 0.5) is 0 Å². The van der Waals surface area contributed by atoms with Gasteiger partial charge in [0.15, 0.2) is 5.76 Å². The fourth-order valence-electron chi connectivity index (χ4n) is 2.34. The summed E-state index contributed by atoms with van der Waals surface area (Å²) < 4.78 is 11.3. The molecule has 1 unspecified atom stereocenters. The Morgan fingerprint density at radius 2 is 2.16 bits per heavy atom. The molecule has 1 atom stereocenters. The van der Waals surface area contributed by atoms with Gasteiger partial charge in [-0.2, -0.15) is 0 Å². The predicted molar refractivity (Wildman–Crippen MR) is 72.6 cm³/mol. The Hall–Kier alpha value is -1.65. The van der Waals surface area contributed by atoms with Crippen molar-refractivity contribution in [3.05, 3.63) is 42.4 Å². The van der Waals surface area contributed by atoms with Gasteiger partial charge in [0, 0.05) is 18.7 Å². The molecule has 1 aliphatic rings. The highest BCUT2D eigenvalue weighted by molar-refractivity contribution is 5.55. The van der Waals surface area contributed by atoms with E-state index in [0.29, 0.717) is 0 Å². The molecule has 0 aliphatic carbocycles. The maximum atomic E-state index is 5.81. The van der Waals surface area contributed by atoms with Gasteiger partial charge in [0.2, 0.25) is 5.89 Å². The lowest BCUT2D eigenvalue weighted by Crippen LogP contribution is -2.40. The van der Waals surface area contributed by atoms with Gasteiger partial charge in [-0.25, -0.2) is 4.98 Å². The van der Waals surface area contributed by atoms with E-state index in [4.69, 9.17) is 9.15 Å². The van der Waals surface area contributed by atoms with Crippen molar-refractivity contribution in [1.82, 2.24) is 9.88 Å². The van der Waals surface area contributed by atoms with Crippen molar-refractivity contribution in [3.8, 4) is 11.3 Å². The maximum absolute atomic E-state index is 5.81. The number of aromatic nitrogens is 1. The standard InChI is InChI=1S/C15H18N2O2/c1-12-10-17(7-8-18-12)11-15-16-9-14(19-15)13-5-3-2-4-6-13/h2-6,9,12H,7-8,10-11H2,1H3. The van der Waals surface area contributed by atoms with E-state index in [1.807, 2.05) is 30.3 Å². The average molecular weight is 258 g/mol. The molecule has 0 saturated carbocycles. The Morgan fingerprint density at radius 3 is 2.95 bits per heavy atom. The Labute approximate surface area is 113 Å². The van der Waals surface area contributed by atoms with Crippen LogP contribution < -0.4 is 0 Å². The van der Waals surface area contributed by atoms with Crippen molar-refractivity contribution >= 4 is 0 Å². The molecule has 2 heterocycles. The summed E-state index contributed by atoms with van der Waals surface area (Å²) in [6, 6.07) is 10.1. The Balaban J connectivity index is 1.68. The molecule has 1 fully saturated rings. The molecule has 3 rings (SSSR count). The normalized spacial score (nSPS) is 20.6. The highest BCUT2D eigenvalue weighted by Gasteiger charge is 2.18.